The molecule has 0 amide bonds. The Morgan fingerprint density at radius 1 is 1.50 bits per heavy atom. The van der Waals surface area contributed by atoms with E-state index in [0.29, 0.717) is 4.88 Å². The first-order valence-electron chi connectivity index (χ1n) is 4.02. The predicted octanol–water partition coefficient (Wildman–Crippen LogP) is 3.30. The normalized spacial score (nSPS) is 10.1. The standard InChI is InChI=1S/C10H8O2S2/c1-12-10-8(5-7(6-11)14-10)9-3-2-4-13-9/h2-6H,1H3. The van der Waals surface area contributed by atoms with Crippen molar-refractivity contribution in [2.24, 2.45) is 0 Å². The molecule has 2 rings (SSSR count). The fourth-order valence-corrected chi connectivity index (χ4v) is 2.81. The van der Waals surface area contributed by atoms with Gasteiger partial charge in [-0.15, -0.1) is 11.3 Å². The fraction of sp³-hybridized carbons (Fsp3) is 0.100. The molecule has 0 atom stereocenters. The van der Waals surface area contributed by atoms with Gasteiger partial charge in [-0.05, 0) is 17.5 Å². The Balaban J connectivity index is 2.51. The highest BCUT2D eigenvalue weighted by Crippen LogP contribution is 2.39. The number of carbonyl (C=O) groups excluding carboxylic acids is 1. The number of rotatable bonds is 3. The van der Waals surface area contributed by atoms with Crippen LogP contribution in [0.1, 0.15) is 9.67 Å². The maximum Gasteiger partial charge on any atom is 0.182 e. The molecule has 0 aliphatic heterocycles. The first-order chi connectivity index (χ1) is 6.85. The van der Waals surface area contributed by atoms with Gasteiger partial charge >= 0.3 is 0 Å². The van der Waals surface area contributed by atoms with Gasteiger partial charge in [-0.3, -0.25) is 4.79 Å². The molecule has 2 heterocycles. The molecule has 0 saturated carbocycles. The van der Waals surface area contributed by atoms with Gasteiger partial charge in [0.2, 0.25) is 0 Å². The summed E-state index contributed by atoms with van der Waals surface area (Å²) in [6.07, 6.45) is 0.851. The lowest BCUT2D eigenvalue weighted by Crippen LogP contribution is -1.78. The molecule has 0 fully saturated rings. The highest BCUT2D eigenvalue weighted by atomic mass is 32.1. The van der Waals surface area contributed by atoms with E-state index in [0.717, 1.165) is 21.8 Å². The molecule has 0 aromatic carbocycles. The second-order valence-corrected chi connectivity index (χ2v) is 4.64. The van der Waals surface area contributed by atoms with E-state index in [-0.39, 0.29) is 0 Å². The van der Waals surface area contributed by atoms with Crippen molar-refractivity contribution >= 4 is 29.0 Å². The van der Waals surface area contributed by atoms with Crippen LogP contribution < -0.4 is 4.74 Å². The van der Waals surface area contributed by atoms with Crippen molar-refractivity contribution in [3.05, 3.63) is 28.5 Å². The van der Waals surface area contributed by atoms with Gasteiger partial charge in [-0.25, -0.2) is 0 Å². The molecular weight excluding hydrogens is 216 g/mol. The lowest BCUT2D eigenvalue weighted by Gasteiger charge is -1.97. The maximum atomic E-state index is 10.6. The van der Waals surface area contributed by atoms with Crippen molar-refractivity contribution in [3.63, 3.8) is 0 Å². The van der Waals surface area contributed by atoms with Crippen LogP contribution in [0.4, 0.5) is 0 Å². The summed E-state index contributed by atoms with van der Waals surface area (Å²) in [5, 5.41) is 2.81. The molecule has 2 nitrogen and oxygen atoms in total. The fourth-order valence-electron chi connectivity index (χ4n) is 1.21. The zero-order valence-corrected chi connectivity index (χ0v) is 9.15. The average molecular weight is 224 g/mol. The Bertz CT molecular complexity index is 429. The van der Waals surface area contributed by atoms with Crippen molar-refractivity contribution in [3.8, 4) is 15.5 Å². The third-order valence-corrected chi connectivity index (χ3v) is 3.73. The smallest absolute Gasteiger partial charge is 0.182 e. The molecule has 14 heavy (non-hydrogen) atoms. The van der Waals surface area contributed by atoms with E-state index < -0.39 is 0 Å². The van der Waals surface area contributed by atoms with Crippen LogP contribution in [0.15, 0.2) is 23.6 Å². The molecule has 0 spiro atoms. The predicted molar refractivity (Wildman–Crippen MR) is 59.6 cm³/mol. The summed E-state index contributed by atoms with van der Waals surface area (Å²) in [6.45, 7) is 0. The van der Waals surface area contributed by atoms with Gasteiger partial charge in [0.05, 0.1) is 12.0 Å². The Morgan fingerprint density at radius 2 is 2.36 bits per heavy atom. The highest BCUT2D eigenvalue weighted by Gasteiger charge is 2.11. The highest BCUT2D eigenvalue weighted by molar-refractivity contribution is 7.17. The van der Waals surface area contributed by atoms with Crippen LogP contribution in [0.3, 0.4) is 0 Å². The van der Waals surface area contributed by atoms with Crippen molar-refractivity contribution < 1.29 is 9.53 Å². The molecule has 2 aromatic rings. The topological polar surface area (TPSA) is 26.3 Å². The second kappa shape index (κ2) is 3.94. The van der Waals surface area contributed by atoms with Crippen molar-refractivity contribution in [1.82, 2.24) is 0 Å². The van der Waals surface area contributed by atoms with Crippen LogP contribution in [-0.2, 0) is 0 Å². The second-order valence-electron chi connectivity index (χ2n) is 2.65. The number of hydrogen-bond acceptors (Lipinski definition) is 4. The van der Waals surface area contributed by atoms with Gasteiger partial charge in [-0.1, -0.05) is 17.4 Å². The first kappa shape index (κ1) is 9.43. The molecule has 0 aliphatic rings. The molecule has 4 heteroatoms. The van der Waals surface area contributed by atoms with Crippen LogP contribution in [0, 0.1) is 0 Å². The van der Waals surface area contributed by atoms with Crippen LogP contribution in [0.2, 0.25) is 0 Å². The average Bonchev–Trinajstić information content (AvgIpc) is 2.85. The number of carbonyl (C=O) groups is 1. The van der Waals surface area contributed by atoms with E-state index in [9.17, 15) is 4.79 Å². The zero-order valence-electron chi connectivity index (χ0n) is 7.52. The van der Waals surface area contributed by atoms with E-state index in [1.165, 1.54) is 11.3 Å². The van der Waals surface area contributed by atoms with Gasteiger partial charge in [0, 0.05) is 10.4 Å². The summed E-state index contributed by atoms with van der Waals surface area (Å²) >= 11 is 3.01. The minimum Gasteiger partial charge on any atom is -0.487 e. The van der Waals surface area contributed by atoms with Gasteiger partial charge in [0.1, 0.15) is 0 Å². The van der Waals surface area contributed by atoms with Gasteiger partial charge in [-0.2, -0.15) is 0 Å². The summed E-state index contributed by atoms with van der Waals surface area (Å²) in [5.74, 6) is 0. The largest absolute Gasteiger partial charge is 0.487 e. The number of thiophene rings is 2. The summed E-state index contributed by atoms with van der Waals surface area (Å²) in [6, 6.07) is 5.86. The Kier molecular flexibility index (Phi) is 2.65. The van der Waals surface area contributed by atoms with E-state index in [4.69, 9.17) is 4.74 Å². The quantitative estimate of drug-likeness (QED) is 0.748. The monoisotopic (exact) mass is 224 g/mol. The summed E-state index contributed by atoms with van der Waals surface area (Å²) < 4.78 is 5.22. The van der Waals surface area contributed by atoms with E-state index in [2.05, 4.69) is 0 Å². The Labute approximate surface area is 89.8 Å². The molecule has 0 saturated heterocycles. The van der Waals surface area contributed by atoms with Crippen molar-refractivity contribution in [2.75, 3.05) is 7.11 Å². The van der Waals surface area contributed by atoms with Crippen molar-refractivity contribution in [1.29, 1.82) is 0 Å². The van der Waals surface area contributed by atoms with Gasteiger partial charge in [0.15, 0.2) is 11.3 Å². The number of hydrogen-bond donors (Lipinski definition) is 0. The maximum absolute atomic E-state index is 10.6. The molecule has 0 radical (unpaired) electrons. The van der Waals surface area contributed by atoms with Crippen LogP contribution in [0.5, 0.6) is 5.06 Å². The SMILES string of the molecule is COc1sc(C=O)cc1-c1cccs1. The lowest BCUT2D eigenvalue weighted by molar-refractivity contribution is 0.112. The summed E-state index contributed by atoms with van der Waals surface area (Å²) in [5.41, 5.74) is 1.01. The van der Waals surface area contributed by atoms with Gasteiger partial charge < -0.3 is 4.74 Å². The van der Waals surface area contributed by atoms with E-state index in [1.807, 2.05) is 23.6 Å². The number of methoxy groups -OCH3 is 1. The first-order valence-corrected chi connectivity index (χ1v) is 5.71. The third kappa shape index (κ3) is 1.58. The number of aldehydes is 1. The third-order valence-electron chi connectivity index (χ3n) is 1.81. The molecule has 0 N–H and O–H groups in total. The number of ether oxygens (including phenoxy) is 1. The van der Waals surface area contributed by atoms with E-state index in [1.54, 1.807) is 18.4 Å². The molecule has 0 aliphatic carbocycles. The van der Waals surface area contributed by atoms with Crippen LogP contribution in [0.25, 0.3) is 10.4 Å². The summed E-state index contributed by atoms with van der Waals surface area (Å²) in [7, 11) is 1.62. The van der Waals surface area contributed by atoms with Crippen LogP contribution >= 0.6 is 22.7 Å². The molecule has 2 aromatic heterocycles. The molecule has 0 unspecified atom stereocenters. The Hall–Kier alpha value is -1.13. The molecule has 0 bridgehead atoms. The minimum absolute atomic E-state index is 0.699. The van der Waals surface area contributed by atoms with Crippen LogP contribution in [-0.4, -0.2) is 13.4 Å². The molecule has 72 valence electrons. The Morgan fingerprint density at radius 3 is 2.93 bits per heavy atom. The summed E-state index contributed by atoms with van der Waals surface area (Å²) in [4.78, 5) is 12.4. The van der Waals surface area contributed by atoms with Crippen molar-refractivity contribution in [2.45, 2.75) is 0 Å². The minimum atomic E-state index is 0.699. The molecular formula is C10H8O2S2. The van der Waals surface area contributed by atoms with Gasteiger partial charge in [0.25, 0.3) is 0 Å². The lowest BCUT2D eigenvalue weighted by atomic mass is 10.2. The van der Waals surface area contributed by atoms with E-state index >= 15 is 0 Å². The zero-order chi connectivity index (χ0) is 9.97.